The van der Waals surface area contributed by atoms with Crippen molar-refractivity contribution in [3.8, 4) is 0 Å². The van der Waals surface area contributed by atoms with E-state index in [4.69, 9.17) is 0 Å². The number of benzene rings is 1. The van der Waals surface area contributed by atoms with Gasteiger partial charge in [0, 0.05) is 12.0 Å². The number of hydrogen-bond acceptors (Lipinski definition) is 0. The van der Waals surface area contributed by atoms with Crippen molar-refractivity contribution in [2.45, 2.75) is 16.9 Å². The van der Waals surface area contributed by atoms with E-state index in [0.29, 0.717) is 5.56 Å². The molecule has 0 saturated heterocycles. The minimum absolute atomic E-state index is 0.214. The third-order valence-corrected chi connectivity index (χ3v) is 3.01. The fourth-order valence-electron chi connectivity index (χ4n) is 1.53. The van der Waals surface area contributed by atoms with Crippen molar-refractivity contribution in [3.05, 3.63) is 35.4 Å². The van der Waals surface area contributed by atoms with Gasteiger partial charge >= 0.3 is 5.92 Å². The van der Waals surface area contributed by atoms with Gasteiger partial charge in [0.15, 0.2) is 0 Å². The number of halogens is 4. The van der Waals surface area contributed by atoms with Crippen LogP contribution >= 0.6 is 15.9 Å². The first-order chi connectivity index (χ1) is 5.95. The largest absolute Gasteiger partial charge is 0.317 e. The lowest BCUT2D eigenvalue weighted by Crippen LogP contribution is -2.31. The smallest absolute Gasteiger partial charge is 0.224 e. The van der Waals surface area contributed by atoms with Crippen LogP contribution in [0.2, 0.25) is 0 Å². The van der Waals surface area contributed by atoms with E-state index in [2.05, 4.69) is 15.9 Å². The fourth-order valence-corrected chi connectivity index (χ4v) is 2.04. The molecule has 1 unspecified atom stereocenters. The molecule has 0 nitrogen and oxygen atoms in total. The zero-order chi connectivity index (χ0) is 9.69. The summed E-state index contributed by atoms with van der Waals surface area (Å²) in [6, 6.07) is 5.90. The van der Waals surface area contributed by atoms with Crippen molar-refractivity contribution in [2.24, 2.45) is 0 Å². The highest BCUT2D eigenvalue weighted by Crippen LogP contribution is 2.53. The molecule has 0 N–H and O–H groups in total. The Hall–Kier alpha value is -0.510. The molecule has 1 aromatic rings. The summed E-state index contributed by atoms with van der Waals surface area (Å²) in [5.41, 5.74) is 0.154. The molecule has 0 amide bonds. The molecule has 0 aliphatic heterocycles. The molecule has 0 heterocycles. The van der Waals surface area contributed by atoms with E-state index in [0.717, 1.165) is 0 Å². The molecule has 1 atom stereocenters. The average Bonchev–Trinajstić information content (AvgIpc) is 2.20. The monoisotopic (exact) mass is 250 g/mol. The second kappa shape index (κ2) is 2.50. The van der Waals surface area contributed by atoms with E-state index >= 15 is 0 Å². The van der Waals surface area contributed by atoms with Crippen LogP contribution in [0.15, 0.2) is 24.3 Å². The van der Waals surface area contributed by atoms with Crippen LogP contribution in [0.5, 0.6) is 0 Å². The first-order valence-corrected chi connectivity index (χ1v) is 4.58. The van der Waals surface area contributed by atoms with Crippen molar-refractivity contribution < 1.29 is 13.2 Å². The lowest BCUT2D eigenvalue weighted by molar-refractivity contribution is -0.0801. The van der Waals surface area contributed by atoms with Gasteiger partial charge in [0.05, 0.1) is 0 Å². The maximum absolute atomic E-state index is 13.3. The Labute approximate surface area is 81.9 Å². The highest BCUT2D eigenvalue weighted by molar-refractivity contribution is 9.10. The van der Waals surface area contributed by atoms with Crippen LogP contribution in [0.4, 0.5) is 13.2 Å². The van der Waals surface area contributed by atoms with Crippen molar-refractivity contribution in [1.29, 1.82) is 0 Å². The summed E-state index contributed by atoms with van der Waals surface area (Å²) in [6.07, 6.45) is -0.282. The highest BCUT2D eigenvalue weighted by Gasteiger charge is 2.60. The second-order valence-electron chi connectivity index (χ2n) is 3.11. The third kappa shape index (κ3) is 1.11. The van der Waals surface area contributed by atoms with Crippen LogP contribution in [0.1, 0.15) is 11.1 Å². The molecule has 0 saturated carbocycles. The Bertz CT molecular complexity index is 346. The van der Waals surface area contributed by atoms with Gasteiger partial charge in [-0.25, -0.2) is 4.39 Å². The minimum atomic E-state index is -3.43. The lowest BCUT2D eigenvalue weighted by Gasteiger charge is -2.20. The van der Waals surface area contributed by atoms with Gasteiger partial charge in [-0.3, -0.25) is 0 Å². The number of fused-ring (bicyclic) bond motifs is 1. The van der Waals surface area contributed by atoms with Gasteiger partial charge in [-0.1, -0.05) is 24.3 Å². The fraction of sp³-hybridized carbons (Fsp3) is 0.333. The molecule has 0 fully saturated rings. The van der Waals surface area contributed by atoms with E-state index in [9.17, 15) is 13.2 Å². The molecule has 2 rings (SSSR count). The first-order valence-electron chi connectivity index (χ1n) is 3.79. The summed E-state index contributed by atoms with van der Waals surface area (Å²) in [6.45, 7) is 0. The van der Waals surface area contributed by atoms with Crippen LogP contribution in [0.3, 0.4) is 0 Å². The van der Waals surface area contributed by atoms with Gasteiger partial charge < -0.3 is 0 Å². The standard InChI is InChI=1S/C9H6BrF3/c10-8(11)5-6-3-1-2-4-7(6)9(8,12)13/h1-4H,5H2. The van der Waals surface area contributed by atoms with Gasteiger partial charge in [-0.05, 0) is 21.5 Å². The van der Waals surface area contributed by atoms with Gasteiger partial charge in [-0.2, -0.15) is 8.78 Å². The minimum Gasteiger partial charge on any atom is -0.224 e. The molecule has 0 bridgehead atoms. The molecule has 1 aromatic carbocycles. The molecule has 1 aliphatic rings. The summed E-state index contributed by atoms with van der Waals surface area (Å²) in [5.74, 6) is -3.43. The number of hydrogen-bond donors (Lipinski definition) is 0. The zero-order valence-electron chi connectivity index (χ0n) is 6.53. The van der Waals surface area contributed by atoms with E-state index in [1.54, 1.807) is 6.07 Å². The predicted molar refractivity (Wildman–Crippen MR) is 46.8 cm³/mol. The Morgan fingerprint density at radius 1 is 1.15 bits per heavy atom. The summed E-state index contributed by atoms with van der Waals surface area (Å²) in [4.78, 5) is 0. The van der Waals surface area contributed by atoms with E-state index in [-0.39, 0.29) is 12.0 Å². The Balaban J connectivity index is 2.60. The van der Waals surface area contributed by atoms with Crippen LogP contribution in [0, 0.1) is 0 Å². The molecule has 4 heteroatoms. The summed E-state index contributed by atoms with van der Waals surface area (Å²) < 4.78 is 37.3. The third-order valence-electron chi connectivity index (χ3n) is 2.23. The van der Waals surface area contributed by atoms with Gasteiger partial charge in [0.25, 0.3) is 0 Å². The van der Waals surface area contributed by atoms with E-state index in [1.807, 2.05) is 0 Å². The van der Waals surface area contributed by atoms with Crippen LogP contribution < -0.4 is 0 Å². The van der Waals surface area contributed by atoms with Crippen molar-refractivity contribution in [1.82, 2.24) is 0 Å². The van der Waals surface area contributed by atoms with E-state index < -0.39 is 10.5 Å². The Morgan fingerprint density at radius 2 is 1.77 bits per heavy atom. The van der Waals surface area contributed by atoms with Crippen molar-refractivity contribution in [2.75, 3.05) is 0 Å². The molecular formula is C9H6BrF3. The molecule has 13 heavy (non-hydrogen) atoms. The van der Waals surface area contributed by atoms with Crippen LogP contribution in [0.25, 0.3) is 0 Å². The summed E-state index contributed by atoms with van der Waals surface area (Å²) in [7, 11) is 0. The van der Waals surface area contributed by atoms with Gasteiger partial charge in [-0.15, -0.1) is 0 Å². The summed E-state index contributed by atoms with van der Waals surface area (Å²) >= 11 is 2.43. The first kappa shape index (κ1) is 9.06. The predicted octanol–water partition coefficient (Wildman–Crippen LogP) is 3.40. The lowest BCUT2D eigenvalue weighted by atomic mass is 10.1. The zero-order valence-corrected chi connectivity index (χ0v) is 8.11. The maximum Gasteiger partial charge on any atom is 0.317 e. The number of alkyl halides is 4. The second-order valence-corrected chi connectivity index (χ2v) is 4.37. The molecule has 0 spiro atoms. The topological polar surface area (TPSA) is 0 Å². The molecule has 1 aliphatic carbocycles. The Morgan fingerprint density at radius 3 is 2.38 bits per heavy atom. The quantitative estimate of drug-likeness (QED) is 0.620. The van der Waals surface area contributed by atoms with Crippen LogP contribution in [-0.2, 0) is 12.3 Å². The molecule has 70 valence electrons. The molecular weight excluding hydrogens is 245 g/mol. The van der Waals surface area contributed by atoms with Gasteiger partial charge in [0.2, 0.25) is 4.58 Å². The highest BCUT2D eigenvalue weighted by atomic mass is 79.9. The summed E-state index contributed by atoms with van der Waals surface area (Å²) in [5, 5.41) is 0. The Kier molecular flexibility index (Phi) is 1.74. The van der Waals surface area contributed by atoms with Crippen LogP contribution in [-0.4, -0.2) is 4.58 Å². The molecule has 0 radical (unpaired) electrons. The SMILES string of the molecule is FC1(Br)Cc2ccccc2C1(F)F. The maximum atomic E-state index is 13.3. The number of rotatable bonds is 0. The van der Waals surface area contributed by atoms with Crippen molar-refractivity contribution >= 4 is 15.9 Å². The van der Waals surface area contributed by atoms with E-state index in [1.165, 1.54) is 18.2 Å². The molecule has 0 aromatic heterocycles. The van der Waals surface area contributed by atoms with Crippen molar-refractivity contribution in [3.63, 3.8) is 0 Å². The average molecular weight is 251 g/mol. The normalized spacial score (nSPS) is 30.2. The van der Waals surface area contributed by atoms with Gasteiger partial charge in [0.1, 0.15) is 0 Å².